The molecule has 3 rings (SSSR count). The zero-order chi connectivity index (χ0) is 16.9. The van der Waals surface area contributed by atoms with Gasteiger partial charge in [0.15, 0.2) is 0 Å². The summed E-state index contributed by atoms with van der Waals surface area (Å²) < 4.78 is 46.2. The number of aryl methyl sites for hydroxylation is 2. The highest BCUT2D eigenvalue weighted by Crippen LogP contribution is 2.38. The molecule has 0 spiro atoms. The number of benzene rings is 1. The zero-order valence-electron chi connectivity index (χ0n) is 13.0. The third-order valence-corrected chi connectivity index (χ3v) is 4.37. The van der Waals surface area contributed by atoms with E-state index in [1.54, 1.807) is 6.07 Å². The van der Waals surface area contributed by atoms with Gasteiger partial charge >= 0.3 is 6.18 Å². The van der Waals surface area contributed by atoms with Gasteiger partial charge in [0.25, 0.3) is 5.56 Å². The van der Waals surface area contributed by atoms with Gasteiger partial charge in [0, 0.05) is 13.2 Å². The van der Waals surface area contributed by atoms with Crippen molar-refractivity contribution >= 4 is 0 Å². The summed E-state index contributed by atoms with van der Waals surface area (Å²) in [5, 5.41) is 0. The number of alkyl halides is 3. The molecule has 1 aliphatic heterocycles. The molecular formula is C17H16F3NO2. The molecule has 1 aromatic heterocycles. The number of pyridine rings is 1. The lowest BCUT2D eigenvalue weighted by Gasteiger charge is -2.17. The van der Waals surface area contributed by atoms with Gasteiger partial charge in [-0.3, -0.25) is 4.79 Å². The third-order valence-electron chi connectivity index (χ3n) is 4.37. The van der Waals surface area contributed by atoms with Crippen molar-refractivity contribution < 1.29 is 17.9 Å². The van der Waals surface area contributed by atoms with Gasteiger partial charge in [-0.05, 0) is 41.7 Å². The van der Waals surface area contributed by atoms with Crippen molar-refractivity contribution in [3.63, 3.8) is 0 Å². The molecule has 2 aromatic rings. The fourth-order valence-corrected chi connectivity index (χ4v) is 3.09. The summed E-state index contributed by atoms with van der Waals surface area (Å²) in [5.74, 6) is 0. The second-order valence-corrected chi connectivity index (χ2v) is 5.84. The highest BCUT2D eigenvalue weighted by Gasteiger charge is 2.35. The zero-order valence-corrected chi connectivity index (χ0v) is 13.0. The Labute approximate surface area is 131 Å². The van der Waals surface area contributed by atoms with Crippen LogP contribution in [0, 0.1) is 13.8 Å². The molecule has 0 saturated carbocycles. The number of fused-ring (bicyclic) bond motifs is 1. The Morgan fingerprint density at radius 2 is 1.78 bits per heavy atom. The average molecular weight is 323 g/mol. The van der Waals surface area contributed by atoms with Crippen molar-refractivity contribution in [1.29, 1.82) is 0 Å². The van der Waals surface area contributed by atoms with Crippen LogP contribution in [0.1, 0.15) is 27.8 Å². The predicted molar refractivity (Wildman–Crippen MR) is 80.1 cm³/mol. The van der Waals surface area contributed by atoms with E-state index >= 15 is 0 Å². The number of ether oxygens (including phenoxy) is 1. The second kappa shape index (κ2) is 5.23. The van der Waals surface area contributed by atoms with E-state index in [1.807, 2.05) is 13.0 Å². The lowest BCUT2D eigenvalue weighted by atomic mass is 9.91. The summed E-state index contributed by atoms with van der Waals surface area (Å²) >= 11 is 0. The van der Waals surface area contributed by atoms with Crippen LogP contribution in [-0.2, 0) is 31.2 Å². The van der Waals surface area contributed by atoms with Crippen LogP contribution in [0.5, 0.6) is 0 Å². The molecule has 0 radical (unpaired) electrons. The van der Waals surface area contributed by atoms with Crippen molar-refractivity contribution in [3.8, 4) is 11.1 Å². The van der Waals surface area contributed by atoms with Gasteiger partial charge in [-0.1, -0.05) is 12.1 Å². The molecule has 1 aliphatic rings. The first-order valence-corrected chi connectivity index (χ1v) is 7.18. The van der Waals surface area contributed by atoms with Crippen LogP contribution in [0.3, 0.4) is 0 Å². The molecule has 3 nitrogen and oxygen atoms in total. The Morgan fingerprint density at radius 3 is 2.43 bits per heavy atom. The van der Waals surface area contributed by atoms with Gasteiger partial charge in [0.2, 0.25) is 0 Å². The van der Waals surface area contributed by atoms with Gasteiger partial charge in [-0.25, -0.2) is 0 Å². The fraction of sp³-hybridized carbons (Fsp3) is 0.353. The van der Waals surface area contributed by atoms with Crippen LogP contribution in [-0.4, -0.2) is 4.57 Å². The van der Waals surface area contributed by atoms with Crippen molar-refractivity contribution in [1.82, 2.24) is 4.57 Å². The van der Waals surface area contributed by atoms with Crippen LogP contribution in [0.4, 0.5) is 13.2 Å². The summed E-state index contributed by atoms with van der Waals surface area (Å²) in [7, 11) is 1.34. The van der Waals surface area contributed by atoms with Gasteiger partial charge < -0.3 is 9.30 Å². The van der Waals surface area contributed by atoms with Crippen LogP contribution in [0.15, 0.2) is 23.1 Å². The molecule has 0 N–H and O–H groups in total. The minimum Gasteiger partial charge on any atom is -0.372 e. The van der Waals surface area contributed by atoms with Gasteiger partial charge in [-0.15, -0.1) is 0 Å². The molecule has 0 unspecified atom stereocenters. The van der Waals surface area contributed by atoms with Gasteiger partial charge in [-0.2, -0.15) is 13.2 Å². The number of rotatable bonds is 1. The van der Waals surface area contributed by atoms with Crippen LogP contribution in [0.2, 0.25) is 0 Å². The molecule has 6 heteroatoms. The molecule has 0 bridgehead atoms. The Kier molecular flexibility index (Phi) is 3.59. The Hall–Kier alpha value is -2.08. The summed E-state index contributed by atoms with van der Waals surface area (Å²) in [6.07, 6.45) is -3.65. The highest BCUT2D eigenvalue weighted by molar-refractivity contribution is 5.73. The SMILES string of the molecule is Cc1ccc(-c2c(C)c(C(F)(F)F)cn(C)c2=O)c2c1COC2. The van der Waals surface area contributed by atoms with Gasteiger partial charge in [0.1, 0.15) is 0 Å². The molecule has 122 valence electrons. The standard InChI is InChI=1S/C17H16F3NO2/c1-9-4-5-11(13-8-23-7-12(9)13)15-10(2)14(17(18,19)20)6-21(3)16(15)22/h4-6H,7-8H2,1-3H3. The van der Waals surface area contributed by atoms with E-state index in [1.165, 1.54) is 14.0 Å². The number of aromatic nitrogens is 1. The van der Waals surface area contributed by atoms with Gasteiger partial charge in [0.05, 0.1) is 24.3 Å². The molecular weight excluding hydrogens is 307 g/mol. The molecule has 23 heavy (non-hydrogen) atoms. The molecule has 0 amide bonds. The molecule has 2 heterocycles. The third kappa shape index (κ3) is 2.47. The normalized spacial score (nSPS) is 14.2. The highest BCUT2D eigenvalue weighted by atomic mass is 19.4. The topological polar surface area (TPSA) is 31.2 Å². The maximum atomic E-state index is 13.3. The lowest BCUT2D eigenvalue weighted by Crippen LogP contribution is -2.24. The van der Waals surface area contributed by atoms with E-state index in [-0.39, 0.29) is 11.1 Å². The molecule has 0 atom stereocenters. The number of halogens is 3. The number of nitrogens with zero attached hydrogens (tertiary/aromatic N) is 1. The molecule has 0 aliphatic carbocycles. The van der Waals surface area contributed by atoms with Crippen molar-refractivity contribution in [2.45, 2.75) is 33.2 Å². The van der Waals surface area contributed by atoms with E-state index in [4.69, 9.17) is 4.74 Å². The molecule has 0 saturated heterocycles. The number of hydrogen-bond donors (Lipinski definition) is 0. The molecule has 1 aromatic carbocycles. The first-order valence-electron chi connectivity index (χ1n) is 7.18. The smallest absolute Gasteiger partial charge is 0.372 e. The molecule has 0 fully saturated rings. The fourth-order valence-electron chi connectivity index (χ4n) is 3.09. The first kappa shape index (κ1) is 15.8. The van der Waals surface area contributed by atoms with E-state index < -0.39 is 17.3 Å². The van der Waals surface area contributed by atoms with Crippen LogP contribution in [0.25, 0.3) is 11.1 Å². The average Bonchev–Trinajstić information content (AvgIpc) is 2.94. The Balaban J connectivity index is 2.37. The van der Waals surface area contributed by atoms with Crippen LogP contribution >= 0.6 is 0 Å². The van der Waals surface area contributed by atoms with E-state index in [0.29, 0.717) is 18.8 Å². The largest absolute Gasteiger partial charge is 0.418 e. The van der Waals surface area contributed by atoms with Crippen LogP contribution < -0.4 is 5.56 Å². The summed E-state index contributed by atoms with van der Waals surface area (Å²) in [4.78, 5) is 12.5. The number of hydrogen-bond acceptors (Lipinski definition) is 2. The summed E-state index contributed by atoms with van der Waals surface area (Å²) in [6.45, 7) is 4.01. The summed E-state index contributed by atoms with van der Waals surface area (Å²) in [6, 6.07) is 3.54. The minimum atomic E-state index is -4.51. The quantitative estimate of drug-likeness (QED) is 0.801. The van der Waals surface area contributed by atoms with Crippen molar-refractivity contribution in [2.75, 3.05) is 0 Å². The second-order valence-electron chi connectivity index (χ2n) is 5.84. The monoisotopic (exact) mass is 323 g/mol. The maximum absolute atomic E-state index is 13.3. The predicted octanol–water partition coefficient (Wildman–Crippen LogP) is 3.72. The Bertz CT molecular complexity index is 850. The first-order chi connectivity index (χ1) is 10.7. The van der Waals surface area contributed by atoms with E-state index in [9.17, 15) is 18.0 Å². The van der Waals surface area contributed by atoms with E-state index in [2.05, 4.69) is 0 Å². The summed E-state index contributed by atoms with van der Waals surface area (Å²) in [5.41, 5.74) is 2.15. The minimum absolute atomic E-state index is 0.0430. The lowest BCUT2D eigenvalue weighted by molar-refractivity contribution is -0.138. The Morgan fingerprint density at radius 1 is 1.13 bits per heavy atom. The van der Waals surface area contributed by atoms with E-state index in [0.717, 1.165) is 27.5 Å². The van der Waals surface area contributed by atoms with Crippen molar-refractivity contribution in [2.24, 2.45) is 7.05 Å². The maximum Gasteiger partial charge on any atom is 0.418 e. The van der Waals surface area contributed by atoms with Crippen molar-refractivity contribution in [3.05, 3.63) is 56.5 Å².